The number of aromatic nitrogens is 2. The number of hydrogen-bond acceptors (Lipinski definition) is 3. The zero-order valence-electron chi connectivity index (χ0n) is 18.4. The SMILES string of the molecule is O=C(Nc1ccccc1)N1CCC(C2c3c(F)cccc3-c3cncn32)CC1.O=C(O)C(F)(F)F. The summed E-state index contributed by atoms with van der Waals surface area (Å²) in [6.45, 7) is 1.32. The third-order valence-electron chi connectivity index (χ3n) is 6.13. The number of fused-ring (bicyclic) bond motifs is 3. The van der Waals surface area contributed by atoms with Crippen molar-refractivity contribution in [2.24, 2.45) is 5.92 Å². The minimum atomic E-state index is -5.08. The number of nitrogens with one attached hydrogen (secondary N) is 1. The van der Waals surface area contributed by atoms with Crippen LogP contribution in [-0.2, 0) is 4.79 Å². The average Bonchev–Trinajstić information content (AvgIpc) is 3.42. The number of hydrogen-bond donors (Lipinski definition) is 2. The van der Waals surface area contributed by atoms with Gasteiger partial charge in [-0.05, 0) is 37.0 Å². The van der Waals surface area contributed by atoms with E-state index < -0.39 is 12.1 Å². The maximum atomic E-state index is 14.7. The number of halogens is 4. The number of piperidine rings is 1. The number of likely N-dealkylation sites (tertiary alicyclic amines) is 1. The Bertz CT molecular complexity index is 1200. The van der Waals surface area contributed by atoms with Crippen LogP contribution in [0.4, 0.5) is 28.0 Å². The number of aliphatic carboxylic acids is 1. The van der Waals surface area contributed by atoms with Gasteiger partial charge in [0.05, 0.1) is 24.3 Å². The molecule has 2 aromatic carbocycles. The summed E-state index contributed by atoms with van der Waals surface area (Å²) in [6.07, 6.45) is 0.186. The van der Waals surface area contributed by atoms with Crippen molar-refractivity contribution in [3.63, 3.8) is 0 Å². The van der Waals surface area contributed by atoms with Gasteiger partial charge in [-0.1, -0.05) is 30.3 Å². The molecule has 2 amide bonds. The number of carboxylic acid groups (broad SMARTS) is 1. The second kappa shape index (κ2) is 9.77. The molecule has 0 saturated carbocycles. The Balaban J connectivity index is 0.000000364. The Hall–Kier alpha value is -3.89. The Morgan fingerprint density at radius 2 is 1.69 bits per heavy atom. The number of urea groups is 1. The number of alkyl halides is 3. The molecular formula is C24H22F4N4O3. The summed E-state index contributed by atoms with van der Waals surface area (Å²) in [5.74, 6) is -2.64. The van der Waals surface area contributed by atoms with Gasteiger partial charge in [-0.2, -0.15) is 13.2 Å². The van der Waals surface area contributed by atoms with E-state index in [1.54, 1.807) is 18.6 Å². The van der Waals surface area contributed by atoms with Gasteiger partial charge in [-0.25, -0.2) is 19.0 Å². The van der Waals surface area contributed by atoms with Crippen molar-refractivity contribution in [1.82, 2.24) is 14.5 Å². The first-order valence-electron chi connectivity index (χ1n) is 10.9. The quantitative estimate of drug-likeness (QED) is 0.486. The maximum absolute atomic E-state index is 14.7. The van der Waals surface area contributed by atoms with Gasteiger partial charge in [0, 0.05) is 29.9 Å². The molecule has 0 radical (unpaired) electrons. The van der Waals surface area contributed by atoms with Crippen LogP contribution < -0.4 is 5.32 Å². The Morgan fingerprint density at radius 3 is 2.31 bits per heavy atom. The van der Waals surface area contributed by atoms with Gasteiger partial charge in [-0.15, -0.1) is 0 Å². The lowest BCUT2D eigenvalue weighted by Crippen LogP contribution is -2.42. The fourth-order valence-corrected chi connectivity index (χ4v) is 4.54. The number of carbonyl (C=O) groups is 2. The number of anilines is 1. The summed E-state index contributed by atoms with van der Waals surface area (Å²) in [6, 6.07) is 14.6. The number of amides is 2. The molecule has 0 aliphatic carbocycles. The van der Waals surface area contributed by atoms with Gasteiger partial charge in [0.2, 0.25) is 0 Å². The number of para-hydroxylation sites is 1. The van der Waals surface area contributed by atoms with Crippen LogP contribution in [0.2, 0.25) is 0 Å². The van der Waals surface area contributed by atoms with Gasteiger partial charge in [-0.3, -0.25) is 0 Å². The number of nitrogens with zero attached hydrogens (tertiary/aromatic N) is 3. The fraction of sp³-hybridized carbons (Fsp3) is 0.292. The van der Waals surface area contributed by atoms with E-state index in [1.807, 2.05) is 41.3 Å². The van der Waals surface area contributed by atoms with Crippen LogP contribution in [0.3, 0.4) is 0 Å². The normalized spacial score (nSPS) is 17.1. The fourth-order valence-electron chi connectivity index (χ4n) is 4.54. The van der Waals surface area contributed by atoms with E-state index in [9.17, 15) is 22.4 Å². The molecule has 0 spiro atoms. The van der Waals surface area contributed by atoms with Crippen LogP contribution in [0.15, 0.2) is 61.1 Å². The van der Waals surface area contributed by atoms with E-state index in [0.717, 1.165) is 35.3 Å². The summed E-state index contributed by atoms with van der Waals surface area (Å²) < 4.78 is 48.5. The predicted molar refractivity (Wildman–Crippen MR) is 119 cm³/mol. The zero-order chi connectivity index (χ0) is 25.2. The highest BCUT2D eigenvalue weighted by Crippen LogP contribution is 2.46. The number of carboxylic acids is 1. The van der Waals surface area contributed by atoms with Crippen LogP contribution in [0, 0.1) is 11.7 Å². The molecule has 5 rings (SSSR count). The van der Waals surface area contributed by atoms with Crippen molar-refractivity contribution >= 4 is 17.7 Å². The summed E-state index contributed by atoms with van der Waals surface area (Å²) >= 11 is 0. The van der Waals surface area contributed by atoms with E-state index in [2.05, 4.69) is 14.9 Å². The molecule has 184 valence electrons. The van der Waals surface area contributed by atoms with Crippen molar-refractivity contribution in [2.75, 3.05) is 18.4 Å². The molecular weight excluding hydrogens is 468 g/mol. The van der Waals surface area contributed by atoms with Crippen LogP contribution in [0.1, 0.15) is 24.4 Å². The second-order valence-corrected chi connectivity index (χ2v) is 8.26. The highest BCUT2D eigenvalue weighted by molar-refractivity contribution is 5.89. The van der Waals surface area contributed by atoms with Crippen molar-refractivity contribution in [3.05, 3.63) is 72.4 Å². The molecule has 1 fully saturated rings. The Morgan fingerprint density at radius 1 is 1.03 bits per heavy atom. The van der Waals surface area contributed by atoms with Crippen molar-refractivity contribution in [1.29, 1.82) is 0 Å². The Kier molecular flexibility index (Phi) is 6.77. The summed E-state index contributed by atoms with van der Waals surface area (Å²) in [4.78, 5) is 27.6. The number of benzene rings is 2. The molecule has 2 N–H and O–H groups in total. The van der Waals surface area contributed by atoms with Gasteiger partial charge < -0.3 is 19.9 Å². The van der Waals surface area contributed by atoms with Crippen LogP contribution >= 0.6 is 0 Å². The zero-order valence-corrected chi connectivity index (χ0v) is 18.4. The molecule has 1 saturated heterocycles. The molecule has 35 heavy (non-hydrogen) atoms. The van der Waals surface area contributed by atoms with Gasteiger partial charge >= 0.3 is 18.2 Å². The minimum absolute atomic E-state index is 0.0481. The lowest BCUT2D eigenvalue weighted by atomic mass is 9.85. The van der Waals surface area contributed by atoms with Gasteiger partial charge in [0.15, 0.2) is 0 Å². The number of carbonyl (C=O) groups excluding carboxylic acids is 1. The largest absolute Gasteiger partial charge is 0.490 e. The summed E-state index contributed by atoms with van der Waals surface area (Å²) in [5.41, 5.74) is 3.48. The molecule has 3 heterocycles. The van der Waals surface area contributed by atoms with E-state index in [0.29, 0.717) is 13.1 Å². The molecule has 0 bridgehead atoms. The Labute approximate surface area is 198 Å². The first-order chi connectivity index (χ1) is 16.7. The standard InChI is InChI=1S/C22H21FN4O.C2HF3O2/c23-18-8-4-7-17-19-13-24-14-27(19)21(20(17)18)15-9-11-26(12-10-15)22(28)25-16-5-2-1-3-6-16;3-2(4,5)1(6)7/h1-8,13-15,21H,9-12H2,(H,25,28);(H,6,7). The van der Waals surface area contributed by atoms with E-state index in [-0.39, 0.29) is 23.8 Å². The predicted octanol–water partition coefficient (Wildman–Crippen LogP) is 5.17. The molecule has 2 aliphatic heterocycles. The van der Waals surface area contributed by atoms with Crippen LogP contribution in [-0.4, -0.2) is 50.8 Å². The smallest absolute Gasteiger partial charge is 0.475 e. The topological polar surface area (TPSA) is 87.5 Å². The second-order valence-electron chi connectivity index (χ2n) is 8.26. The molecule has 7 nitrogen and oxygen atoms in total. The average molecular weight is 490 g/mol. The van der Waals surface area contributed by atoms with Crippen molar-refractivity contribution in [3.8, 4) is 11.3 Å². The third kappa shape index (κ3) is 5.13. The molecule has 1 unspecified atom stereocenters. The minimum Gasteiger partial charge on any atom is -0.475 e. The summed E-state index contributed by atoms with van der Waals surface area (Å²) in [5, 5.41) is 10.1. The molecule has 11 heteroatoms. The first kappa shape index (κ1) is 24.2. The lowest BCUT2D eigenvalue weighted by molar-refractivity contribution is -0.192. The molecule has 3 aromatic rings. The number of imidazole rings is 1. The highest BCUT2D eigenvalue weighted by Gasteiger charge is 2.39. The van der Waals surface area contributed by atoms with E-state index in [1.165, 1.54) is 6.07 Å². The monoisotopic (exact) mass is 490 g/mol. The molecule has 2 aliphatic rings. The van der Waals surface area contributed by atoms with E-state index in [4.69, 9.17) is 9.90 Å². The first-order valence-corrected chi connectivity index (χ1v) is 10.9. The molecule has 1 atom stereocenters. The van der Waals surface area contributed by atoms with Crippen molar-refractivity contribution < 1.29 is 32.3 Å². The third-order valence-corrected chi connectivity index (χ3v) is 6.13. The van der Waals surface area contributed by atoms with Crippen LogP contribution in [0.25, 0.3) is 11.3 Å². The van der Waals surface area contributed by atoms with Crippen molar-refractivity contribution in [2.45, 2.75) is 25.1 Å². The number of rotatable bonds is 2. The maximum Gasteiger partial charge on any atom is 0.490 e. The van der Waals surface area contributed by atoms with Crippen LogP contribution in [0.5, 0.6) is 0 Å². The van der Waals surface area contributed by atoms with E-state index >= 15 is 0 Å². The van der Waals surface area contributed by atoms with Gasteiger partial charge in [0.25, 0.3) is 0 Å². The summed E-state index contributed by atoms with van der Waals surface area (Å²) in [7, 11) is 0. The highest BCUT2D eigenvalue weighted by atomic mass is 19.4. The lowest BCUT2D eigenvalue weighted by Gasteiger charge is -2.35. The van der Waals surface area contributed by atoms with Gasteiger partial charge in [0.1, 0.15) is 5.82 Å². The molecule has 1 aromatic heterocycles.